The smallest absolute Gasteiger partial charge is 0.262 e. The Morgan fingerprint density at radius 2 is 1.96 bits per heavy atom. The molecule has 2 atom stereocenters. The molecule has 0 aliphatic carbocycles. The molecule has 0 saturated heterocycles. The van der Waals surface area contributed by atoms with E-state index in [2.05, 4.69) is 11.4 Å². The van der Waals surface area contributed by atoms with Crippen molar-refractivity contribution in [3.63, 3.8) is 0 Å². The van der Waals surface area contributed by atoms with Crippen LogP contribution in [0.4, 0.5) is 0 Å². The molecule has 118 valence electrons. The second-order valence-corrected chi connectivity index (χ2v) is 5.75. The number of benzene rings is 2. The number of amides is 1. The molecule has 1 N–H and O–H groups in total. The van der Waals surface area contributed by atoms with Crippen LogP contribution >= 0.6 is 11.6 Å². The third kappa shape index (κ3) is 4.24. The normalized spacial score (nSPS) is 14.2. The van der Waals surface area contributed by atoms with Gasteiger partial charge in [0.25, 0.3) is 5.91 Å². The third-order valence-electron chi connectivity index (χ3n) is 3.42. The first-order valence-electron chi connectivity index (χ1n) is 7.15. The molecule has 0 aliphatic rings. The van der Waals surface area contributed by atoms with Gasteiger partial charge in [-0.2, -0.15) is 5.26 Å². The topological polar surface area (TPSA) is 62.1 Å². The average molecular weight is 329 g/mol. The molecular weight excluding hydrogens is 312 g/mol. The Morgan fingerprint density at radius 1 is 1.26 bits per heavy atom. The Morgan fingerprint density at radius 3 is 2.57 bits per heavy atom. The second kappa shape index (κ2) is 7.17. The van der Waals surface area contributed by atoms with Crippen LogP contribution in [-0.4, -0.2) is 12.0 Å². The van der Waals surface area contributed by atoms with Crippen LogP contribution in [0.1, 0.15) is 19.4 Å². The van der Waals surface area contributed by atoms with Crippen LogP contribution in [0.5, 0.6) is 5.75 Å². The molecule has 0 aliphatic heterocycles. The van der Waals surface area contributed by atoms with E-state index in [1.165, 1.54) is 0 Å². The lowest BCUT2D eigenvalue weighted by molar-refractivity contribution is -0.128. The van der Waals surface area contributed by atoms with E-state index in [4.69, 9.17) is 16.3 Å². The molecule has 2 aromatic rings. The maximum Gasteiger partial charge on any atom is 0.262 e. The van der Waals surface area contributed by atoms with Gasteiger partial charge in [0, 0.05) is 5.02 Å². The summed E-state index contributed by atoms with van der Waals surface area (Å²) in [5, 5.41) is 12.7. The quantitative estimate of drug-likeness (QED) is 0.911. The Bertz CT molecular complexity index is 727. The minimum atomic E-state index is -1.18. The van der Waals surface area contributed by atoms with E-state index in [9.17, 15) is 10.1 Å². The van der Waals surface area contributed by atoms with Crippen LogP contribution in [0.15, 0.2) is 54.6 Å². The Hall–Kier alpha value is -2.51. The highest BCUT2D eigenvalue weighted by atomic mass is 35.5. The van der Waals surface area contributed by atoms with Gasteiger partial charge < -0.3 is 10.1 Å². The van der Waals surface area contributed by atoms with Crippen LogP contribution in [0.25, 0.3) is 0 Å². The zero-order valence-corrected chi connectivity index (χ0v) is 13.7. The summed E-state index contributed by atoms with van der Waals surface area (Å²) in [6, 6.07) is 18.0. The molecule has 2 unspecified atom stereocenters. The van der Waals surface area contributed by atoms with Gasteiger partial charge in [-0.15, -0.1) is 0 Å². The largest absolute Gasteiger partial charge is 0.481 e. The van der Waals surface area contributed by atoms with Crippen LogP contribution in [0, 0.1) is 11.3 Å². The molecule has 2 aromatic carbocycles. The summed E-state index contributed by atoms with van der Waals surface area (Å²) in [5.74, 6) is 0.217. The van der Waals surface area contributed by atoms with E-state index in [1.807, 2.05) is 18.2 Å². The summed E-state index contributed by atoms with van der Waals surface area (Å²) in [7, 11) is 0. The van der Waals surface area contributed by atoms with Crippen LogP contribution in [0.2, 0.25) is 5.02 Å². The lowest BCUT2D eigenvalue weighted by Crippen LogP contribution is -2.47. The van der Waals surface area contributed by atoms with Crippen LogP contribution in [0.3, 0.4) is 0 Å². The molecule has 5 heteroatoms. The maximum atomic E-state index is 12.4. The number of nitrogens with one attached hydrogen (secondary N) is 1. The van der Waals surface area contributed by atoms with Crippen LogP contribution in [-0.2, 0) is 10.3 Å². The summed E-state index contributed by atoms with van der Waals surface area (Å²) in [4.78, 5) is 12.4. The Balaban J connectivity index is 2.12. The lowest BCUT2D eigenvalue weighted by atomic mass is 9.93. The molecule has 0 fully saturated rings. The van der Waals surface area contributed by atoms with Crippen molar-refractivity contribution in [3.05, 3.63) is 65.2 Å². The van der Waals surface area contributed by atoms with Crippen molar-refractivity contribution in [2.75, 3.05) is 0 Å². The number of rotatable bonds is 5. The molecule has 0 aromatic heterocycles. The number of halogens is 1. The van der Waals surface area contributed by atoms with Crippen molar-refractivity contribution in [1.29, 1.82) is 5.26 Å². The van der Waals surface area contributed by atoms with Gasteiger partial charge in [0.15, 0.2) is 6.10 Å². The summed E-state index contributed by atoms with van der Waals surface area (Å²) in [6.45, 7) is 3.27. The Labute approximate surface area is 140 Å². The molecule has 0 heterocycles. The summed E-state index contributed by atoms with van der Waals surface area (Å²) in [5.41, 5.74) is -0.566. The summed E-state index contributed by atoms with van der Waals surface area (Å²) in [6.07, 6.45) is -0.732. The number of nitrogens with zero attached hydrogens (tertiary/aromatic N) is 1. The van der Waals surface area contributed by atoms with E-state index < -0.39 is 11.6 Å². The summed E-state index contributed by atoms with van der Waals surface area (Å²) < 4.78 is 5.58. The minimum absolute atomic E-state index is 0.377. The molecule has 23 heavy (non-hydrogen) atoms. The third-order valence-corrected chi connectivity index (χ3v) is 3.66. The first kappa shape index (κ1) is 16.9. The highest BCUT2D eigenvalue weighted by molar-refractivity contribution is 6.30. The van der Waals surface area contributed by atoms with E-state index in [0.717, 1.165) is 0 Å². The van der Waals surface area contributed by atoms with Crippen molar-refractivity contribution in [2.24, 2.45) is 0 Å². The average Bonchev–Trinajstić information content (AvgIpc) is 2.55. The molecule has 1 amide bonds. The monoisotopic (exact) mass is 328 g/mol. The van der Waals surface area contributed by atoms with Gasteiger partial charge in [-0.05, 0) is 43.7 Å². The molecule has 0 bridgehead atoms. The highest BCUT2D eigenvalue weighted by Crippen LogP contribution is 2.23. The van der Waals surface area contributed by atoms with Gasteiger partial charge in [-0.1, -0.05) is 41.9 Å². The van der Waals surface area contributed by atoms with Gasteiger partial charge >= 0.3 is 0 Å². The number of ether oxygens (including phenoxy) is 1. The van der Waals surface area contributed by atoms with Gasteiger partial charge in [0.2, 0.25) is 0 Å². The molecule has 0 spiro atoms. The fourth-order valence-electron chi connectivity index (χ4n) is 2.07. The number of hydrogen-bond donors (Lipinski definition) is 1. The van der Waals surface area contributed by atoms with E-state index in [-0.39, 0.29) is 5.91 Å². The number of para-hydroxylation sites is 1. The molecular formula is C18H17ClN2O2. The van der Waals surface area contributed by atoms with E-state index in [1.54, 1.807) is 50.2 Å². The fraction of sp³-hybridized carbons (Fsp3) is 0.222. The first-order valence-corrected chi connectivity index (χ1v) is 7.53. The first-order chi connectivity index (χ1) is 10.9. The summed E-state index contributed by atoms with van der Waals surface area (Å²) >= 11 is 5.97. The predicted molar refractivity (Wildman–Crippen MR) is 89.1 cm³/mol. The Kier molecular flexibility index (Phi) is 5.25. The van der Waals surface area contributed by atoms with Gasteiger partial charge in [-0.25, -0.2) is 0 Å². The number of nitriles is 1. The molecule has 2 rings (SSSR count). The number of hydrogen-bond acceptors (Lipinski definition) is 3. The number of carbonyl (C=O) groups excluding carboxylic acids is 1. The number of carbonyl (C=O) groups is 1. The van der Waals surface area contributed by atoms with Gasteiger partial charge in [-0.3, -0.25) is 4.79 Å². The van der Waals surface area contributed by atoms with Crippen molar-refractivity contribution in [1.82, 2.24) is 5.32 Å². The van der Waals surface area contributed by atoms with E-state index in [0.29, 0.717) is 16.3 Å². The minimum Gasteiger partial charge on any atom is -0.481 e. The highest BCUT2D eigenvalue weighted by Gasteiger charge is 2.31. The lowest BCUT2D eigenvalue weighted by Gasteiger charge is -2.26. The zero-order valence-electron chi connectivity index (χ0n) is 12.9. The van der Waals surface area contributed by atoms with Gasteiger partial charge in [0.1, 0.15) is 11.3 Å². The van der Waals surface area contributed by atoms with Crippen molar-refractivity contribution in [2.45, 2.75) is 25.5 Å². The van der Waals surface area contributed by atoms with Crippen molar-refractivity contribution in [3.8, 4) is 11.8 Å². The second-order valence-electron chi connectivity index (χ2n) is 5.31. The zero-order chi connectivity index (χ0) is 16.9. The van der Waals surface area contributed by atoms with Gasteiger partial charge in [0.05, 0.1) is 6.07 Å². The van der Waals surface area contributed by atoms with Crippen LogP contribution < -0.4 is 10.1 Å². The molecule has 0 saturated carbocycles. The van der Waals surface area contributed by atoms with E-state index >= 15 is 0 Å². The predicted octanol–water partition coefficient (Wildman–Crippen LogP) is 3.66. The van der Waals surface area contributed by atoms with Crippen molar-refractivity contribution >= 4 is 17.5 Å². The molecule has 4 nitrogen and oxygen atoms in total. The van der Waals surface area contributed by atoms with Crippen molar-refractivity contribution < 1.29 is 9.53 Å². The SMILES string of the molecule is CC(Oc1ccccc1)C(=O)NC(C)(C#N)c1cccc(Cl)c1. The standard InChI is InChI=1S/C18H17ClN2O2/c1-13(23-16-9-4-3-5-10-16)17(22)21-18(2,12-20)14-7-6-8-15(19)11-14/h3-11,13H,1-2H3,(H,21,22). The fourth-order valence-corrected chi connectivity index (χ4v) is 2.26. The molecule has 0 radical (unpaired) electrons. The maximum absolute atomic E-state index is 12.4.